The molecule has 0 radical (unpaired) electrons. The van der Waals surface area contributed by atoms with Crippen LogP contribution in [0, 0.1) is 0 Å². The maximum absolute atomic E-state index is 12.8. The SMILES string of the molecule is CCOC(=O)c1cccnc1N1CCN(C2CCN(C(=O)c3ccc(Cl)cc3)C2)CC1. The summed E-state index contributed by atoms with van der Waals surface area (Å²) >= 11 is 5.93. The number of pyridine rings is 1. The van der Waals surface area contributed by atoms with Crippen molar-refractivity contribution in [1.29, 1.82) is 0 Å². The van der Waals surface area contributed by atoms with Gasteiger partial charge in [-0.25, -0.2) is 9.78 Å². The maximum atomic E-state index is 12.8. The number of rotatable bonds is 5. The number of nitrogens with zero attached hydrogens (tertiary/aromatic N) is 4. The van der Waals surface area contributed by atoms with Crippen molar-refractivity contribution < 1.29 is 14.3 Å². The van der Waals surface area contributed by atoms with Crippen molar-refractivity contribution in [2.45, 2.75) is 19.4 Å². The van der Waals surface area contributed by atoms with Gasteiger partial charge >= 0.3 is 5.97 Å². The van der Waals surface area contributed by atoms with E-state index in [9.17, 15) is 9.59 Å². The molecule has 0 bridgehead atoms. The van der Waals surface area contributed by atoms with Crippen LogP contribution in [0.25, 0.3) is 0 Å². The maximum Gasteiger partial charge on any atom is 0.341 e. The zero-order valence-electron chi connectivity index (χ0n) is 17.7. The molecule has 0 aliphatic carbocycles. The van der Waals surface area contributed by atoms with E-state index in [1.54, 1.807) is 49.5 Å². The lowest BCUT2D eigenvalue weighted by Gasteiger charge is -2.38. The summed E-state index contributed by atoms with van der Waals surface area (Å²) in [5.41, 5.74) is 1.19. The van der Waals surface area contributed by atoms with Gasteiger partial charge in [-0.15, -0.1) is 0 Å². The molecule has 2 fully saturated rings. The van der Waals surface area contributed by atoms with Crippen molar-refractivity contribution in [3.05, 3.63) is 58.7 Å². The fourth-order valence-electron chi connectivity index (χ4n) is 4.32. The minimum absolute atomic E-state index is 0.0605. The molecule has 3 heterocycles. The standard InChI is InChI=1S/C23H27ClN4O3/c1-2-31-23(30)20-4-3-10-25-21(20)27-14-12-26(13-15-27)19-9-11-28(16-19)22(29)17-5-7-18(24)8-6-17/h3-8,10,19H,2,9,11-16H2,1H3. The molecule has 8 heteroatoms. The molecule has 164 valence electrons. The molecule has 0 saturated carbocycles. The predicted molar refractivity (Wildman–Crippen MR) is 120 cm³/mol. The Labute approximate surface area is 187 Å². The van der Waals surface area contributed by atoms with E-state index in [1.165, 1.54) is 0 Å². The first-order chi connectivity index (χ1) is 15.1. The first-order valence-electron chi connectivity index (χ1n) is 10.7. The third-order valence-electron chi connectivity index (χ3n) is 5.95. The van der Waals surface area contributed by atoms with Crippen molar-refractivity contribution in [3.8, 4) is 0 Å². The predicted octanol–water partition coefficient (Wildman–Crippen LogP) is 2.95. The van der Waals surface area contributed by atoms with Crippen LogP contribution < -0.4 is 4.90 Å². The summed E-state index contributed by atoms with van der Waals surface area (Å²) in [7, 11) is 0. The number of hydrogen-bond donors (Lipinski definition) is 0. The van der Waals surface area contributed by atoms with E-state index in [1.807, 2.05) is 4.90 Å². The largest absolute Gasteiger partial charge is 0.462 e. The highest BCUT2D eigenvalue weighted by atomic mass is 35.5. The van der Waals surface area contributed by atoms with Gasteiger partial charge in [0.1, 0.15) is 11.4 Å². The third-order valence-corrected chi connectivity index (χ3v) is 6.21. The highest BCUT2D eigenvalue weighted by molar-refractivity contribution is 6.30. The Kier molecular flexibility index (Phi) is 6.73. The third kappa shape index (κ3) is 4.83. The Morgan fingerprint density at radius 2 is 1.84 bits per heavy atom. The molecule has 1 aromatic heterocycles. The molecule has 1 aromatic carbocycles. The lowest BCUT2D eigenvalue weighted by atomic mass is 10.1. The molecular formula is C23H27ClN4O3. The number of carbonyl (C=O) groups excluding carboxylic acids is 2. The van der Waals surface area contributed by atoms with Gasteiger partial charge in [0.25, 0.3) is 5.91 Å². The average Bonchev–Trinajstić information content (AvgIpc) is 3.30. The lowest BCUT2D eigenvalue weighted by molar-refractivity contribution is 0.0526. The van der Waals surface area contributed by atoms with Gasteiger partial charge < -0.3 is 14.5 Å². The van der Waals surface area contributed by atoms with Crippen LogP contribution in [0.15, 0.2) is 42.6 Å². The van der Waals surface area contributed by atoms with E-state index in [2.05, 4.69) is 14.8 Å². The quantitative estimate of drug-likeness (QED) is 0.663. The fourth-order valence-corrected chi connectivity index (χ4v) is 4.44. The summed E-state index contributed by atoms with van der Waals surface area (Å²) in [5, 5.41) is 0.632. The number of benzene rings is 1. The second kappa shape index (κ2) is 9.66. The molecule has 1 amide bonds. The number of amides is 1. The molecule has 1 unspecified atom stereocenters. The molecular weight excluding hydrogens is 416 g/mol. The smallest absolute Gasteiger partial charge is 0.341 e. The second-order valence-electron chi connectivity index (χ2n) is 7.82. The van der Waals surface area contributed by atoms with Gasteiger partial charge in [-0.1, -0.05) is 11.6 Å². The highest BCUT2D eigenvalue weighted by Gasteiger charge is 2.33. The van der Waals surface area contributed by atoms with Gasteiger partial charge in [0.05, 0.1) is 6.61 Å². The van der Waals surface area contributed by atoms with E-state index in [-0.39, 0.29) is 11.9 Å². The van der Waals surface area contributed by atoms with Crippen LogP contribution in [0.4, 0.5) is 5.82 Å². The van der Waals surface area contributed by atoms with Gasteiger partial charge in [0.2, 0.25) is 0 Å². The lowest BCUT2D eigenvalue weighted by Crippen LogP contribution is -2.51. The molecule has 1 atom stereocenters. The zero-order chi connectivity index (χ0) is 21.8. The van der Waals surface area contributed by atoms with Crippen LogP contribution in [0.1, 0.15) is 34.1 Å². The van der Waals surface area contributed by atoms with Gasteiger partial charge in [-0.05, 0) is 49.7 Å². The minimum atomic E-state index is -0.333. The Hall–Kier alpha value is -2.64. The monoisotopic (exact) mass is 442 g/mol. The van der Waals surface area contributed by atoms with Crippen molar-refractivity contribution in [2.75, 3.05) is 50.8 Å². The first kappa shape index (κ1) is 21.6. The van der Waals surface area contributed by atoms with E-state index < -0.39 is 0 Å². The molecule has 31 heavy (non-hydrogen) atoms. The van der Waals surface area contributed by atoms with Crippen LogP contribution in [-0.4, -0.2) is 78.6 Å². The number of aromatic nitrogens is 1. The number of ether oxygens (including phenoxy) is 1. The number of hydrogen-bond acceptors (Lipinski definition) is 6. The van der Waals surface area contributed by atoms with Crippen molar-refractivity contribution >= 4 is 29.3 Å². The fraction of sp³-hybridized carbons (Fsp3) is 0.435. The number of carbonyl (C=O) groups is 2. The van der Waals surface area contributed by atoms with Gasteiger partial charge in [-0.2, -0.15) is 0 Å². The number of esters is 1. The normalized spacial score (nSPS) is 19.5. The first-order valence-corrected chi connectivity index (χ1v) is 11.1. The molecule has 2 aromatic rings. The van der Waals surface area contributed by atoms with Gasteiger partial charge in [0, 0.05) is 62.1 Å². The molecule has 0 N–H and O–H groups in total. The van der Waals surface area contributed by atoms with Crippen LogP contribution in [0.3, 0.4) is 0 Å². The van der Waals surface area contributed by atoms with Crippen LogP contribution in [0.2, 0.25) is 5.02 Å². The Bertz CT molecular complexity index is 929. The Morgan fingerprint density at radius 1 is 1.10 bits per heavy atom. The molecule has 7 nitrogen and oxygen atoms in total. The summed E-state index contributed by atoms with van der Waals surface area (Å²) in [6.07, 6.45) is 2.68. The summed E-state index contributed by atoms with van der Waals surface area (Å²) in [6, 6.07) is 11.0. The van der Waals surface area contributed by atoms with E-state index >= 15 is 0 Å². The van der Waals surface area contributed by atoms with Crippen molar-refractivity contribution in [2.24, 2.45) is 0 Å². The van der Waals surface area contributed by atoms with E-state index in [4.69, 9.17) is 16.3 Å². The average molecular weight is 443 g/mol. The second-order valence-corrected chi connectivity index (χ2v) is 8.26. The van der Waals surface area contributed by atoms with Gasteiger partial charge in [0.15, 0.2) is 0 Å². The highest BCUT2D eigenvalue weighted by Crippen LogP contribution is 2.24. The number of likely N-dealkylation sites (tertiary alicyclic amines) is 1. The summed E-state index contributed by atoms with van der Waals surface area (Å²) in [4.78, 5) is 36.0. The van der Waals surface area contributed by atoms with Crippen LogP contribution in [0.5, 0.6) is 0 Å². The zero-order valence-corrected chi connectivity index (χ0v) is 18.4. The molecule has 2 saturated heterocycles. The number of halogens is 1. The van der Waals surface area contributed by atoms with Gasteiger partial charge in [-0.3, -0.25) is 9.69 Å². The molecule has 2 aliphatic rings. The number of anilines is 1. The molecule has 2 aliphatic heterocycles. The summed E-state index contributed by atoms with van der Waals surface area (Å²) in [5.74, 6) is 0.414. The van der Waals surface area contributed by atoms with Crippen molar-refractivity contribution in [3.63, 3.8) is 0 Å². The Morgan fingerprint density at radius 3 is 2.55 bits per heavy atom. The van der Waals surface area contributed by atoms with Crippen LogP contribution in [-0.2, 0) is 4.74 Å². The Balaban J connectivity index is 1.34. The minimum Gasteiger partial charge on any atom is -0.462 e. The van der Waals surface area contributed by atoms with E-state index in [0.29, 0.717) is 34.6 Å². The van der Waals surface area contributed by atoms with Crippen molar-refractivity contribution in [1.82, 2.24) is 14.8 Å². The van der Waals surface area contributed by atoms with E-state index in [0.717, 1.165) is 45.7 Å². The molecule has 4 rings (SSSR count). The molecule has 0 spiro atoms. The summed E-state index contributed by atoms with van der Waals surface area (Å²) < 4.78 is 5.18. The number of piperazine rings is 1. The summed E-state index contributed by atoms with van der Waals surface area (Å²) in [6.45, 7) is 6.94. The topological polar surface area (TPSA) is 66.0 Å². The van der Waals surface area contributed by atoms with Crippen LogP contribution >= 0.6 is 11.6 Å².